The number of nitrogens with zero attached hydrogens (tertiary/aromatic N) is 1. The monoisotopic (exact) mass is 177 g/mol. The van der Waals surface area contributed by atoms with E-state index >= 15 is 0 Å². The van der Waals surface area contributed by atoms with Gasteiger partial charge in [-0.15, -0.1) is 11.3 Å². The van der Waals surface area contributed by atoms with E-state index in [-0.39, 0.29) is 0 Å². The van der Waals surface area contributed by atoms with Crippen molar-refractivity contribution in [2.45, 2.75) is 13.8 Å². The molecule has 0 saturated heterocycles. The number of aryl methyl sites for hydroxylation is 1. The average molecular weight is 177 g/mol. The van der Waals surface area contributed by atoms with Crippen molar-refractivity contribution in [2.24, 2.45) is 5.92 Å². The largest absolute Gasteiger partial charge is 0.242 e. The summed E-state index contributed by atoms with van der Waals surface area (Å²) in [7, 11) is 0. The van der Waals surface area contributed by atoms with Crippen LogP contribution in [0.1, 0.15) is 22.5 Å². The number of thiazole rings is 1. The summed E-state index contributed by atoms with van der Waals surface area (Å²) >= 11 is 1.76. The number of aromatic nitrogens is 1. The molecule has 0 aromatic carbocycles. The molecule has 2 heteroatoms. The Hall–Kier alpha value is -0.890. The minimum Gasteiger partial charge on any atom is -0.242 e. The van der Waals surface area contributed by atoms with Crippen molar-refractivity contribution < 1.29 is 0 Å². The molecule has 1 atom stereocenters. The zero-order chi connectivity index (χ0) is 8.55. The first-order valence-electron chi connectivity index (χ1n) is 4.09. The summed E-state index contributed by atoms with van der Waals surface area (Å²) in [5.74, 6) is 0.534. The maximum atomic E-state index is 4.43. The molecule has 1 aromatic heterocycles. The van der Waals surface area contributed by atoms with E-state index in [1.54, 1.807) is 11.3 Å². The van der Waals surface area contributed by atoms with Crippen molar-refractivity contribution in [3.8, 4) is 0 Å². The minimum absolute atomic E-state index is 0.534. The summed E-state index contributed by atoms with van der Waals surface area (Å²) in [4.78, 5) is 5.71. The Morgan fingerprint density at radius 2 is 2.08 bits per heavy atom. The Bertz CT molecular complexity index is 315. The zero-order valence-electron chi connectivity index (χ0n) is 7.24. The number of fused-ring (bicyclic) bond motifs is 1. The smallest absolute Gasteiger partial charge is 0.0907 e. The number of allylic oxidation sites excluding steroid dienone is 2. The zero-order valence-corrected chi connectivity index (χ0v) is 8.06. The van der Waals surface area contributed by atoms with Crippen molar-refractivity contribution in [3.05, 3.63) is 27.7 Å². The van der Waals surface area contributed by atoms with Crippen molar-refractivity contribution in [1.29, 1.82) is 0 Å². The van der Waals surface area contributed by atoms with Crippen molar-refractivity contribution in [3.63, 3.8) is 0 Å². The van der Waals surface area contributed by atoms with Crippen LogP contribution in [0.3, 0.4) is 0 Å². The van der Waals surface area contributed by atoms with Gasteiger partial charge >= 0.3 is 0 Å². The first-order chi connectivity index (χ1) is 5.75. The highest BCUT2D eigenvalue weighted by Crippen LogP contribution is 2.24. The van der Waals surface area contributed by atoms with Gasteiger partial charge in [0.05, 0.1) is 15.6 Å². The van der Waals surface area contributed by atoms with E-state index in [2.05, 4.69) is 36.2 Å². The maximum Gasteiger partial charge on any atom is 0.0907 e. The van der Waals surface area contributed by atoms with Gasteiger partial charge in [-0.05, 0) is 25.0 Å². The molecule has 0 amide bonds. The fourth-order valence-electron chi connectivity index (χ4n) is 1.24. The summed E-state index contributed by atoms with van der Waals surface area (Å²) in [6.45, 7) is 4.22. The van der Waals surface area contributed by atoms with Crippen LogP contribution in [0.2, 0.25) is 0 Å². The highest BCUT2D eigenvalue weighted by atomic mass is 32.1. The predicted molar refractivity (Wildman–Crippen MR) is 54.1 cm³/mol. The second-order valence-corrected chi connectivity index (χ2v) is 4.29. The molecular weight excluding hydrogens is 166 g/mol. The van der Waals surface area contributed by atoms with Crippen LogP contribution in [0.5, 0.6) is 0 Å². The molecule has 0 radical (unpaired) electrons. The highest BCUT2D eigenvalue weighted by molar-refractivity contribution is 7.12. The van der Waals surface area contributed by atoms with Gasteiger partial charge in [0, 0.05) is 0 Å². The number of rotatable bonds is 0. The lowest BCUT2D eigenvalue weighted by molar-refractivity contribution is 0.953. The van der Waals surface area contributed by atoms with E-state index in [1.165, 1.54) is 4.88 Å². The Labute approximate surface area is 76.5 Å². The fraction of sp³-hybridized carbons (Fsp3) is 0.300. The molecule has 0 fully saturated rings. The maximum absolute atomic E-state index is 4.43. The molecule has 1 nitrogen and oxygen atoms in total. The van der Waals surface area contributed by atoms with E-state index in [4.69, 9.17) is 0 Å². The highest BCUT2D eigenvalue weighted by Gasteiger charge is 2.06. The number of hydrogen-bond acceptors (Lipinski definition) is 2. The fourth-order valence-corrected chi connectivity index (χ4v) is 2.07. The van der Waals surface area contributed by atoms with E-state index in [0.717, 1.165) is 10.7 Å². The molecule has 12 heavy (non-hydrogen) atoms. The van der Waals surface area contributed by atoms with Gasteiger partial charge in [0.25, 0.3) is 0 Å². The van der Waals surface area contributed by atoms with Crippen LogP contribution in [0.4, 0.5) is 0 Å². The van der Waals surface area contributed by atoms with Crippen LogP contribution in [0.25, 0.3) is 12.2 Å². The molecule has 1 aliphatic carbocycles. The molecule has 0 bridgehead atoms. The summed E-state index contributed by atoms with van der Waals surface area (Å²) < 4.78 is 0. The Morgan fingerprint density at radius 3 is 2.92 bits per heavy atom. The van der Waals surface area contributed by atoms with Gasteiger partial charge in [-0.1, -0.05) is 19.1 Å². The first-order valence-corrected chi connectivity index (χ1v) is 4.91. The predicted octanol–water partition coefficient (Wildman–Crippen LogP) is 3.13. The molecule has 1 aromatic rings. The topological polar surface area (TPSA) is 12.9 Å². The van der Waals surface area contributed by atoms with Gasteiger partial charge in [-0.3, -0.25) is 0 Å². The van der Waals surface area contributed by atoms with Crippen LogP contribution >= 0.6 is 11.3 Å². The molecule has 1 aliphatic rings. The van der Waals surface area contributed by atoms with Crippen LogP contribution in [-0.4, -0.2) is 4.98 Å². The van der Waals surface area contributed by atoms with Crippen molar-refractivity contribution in [1.82, 2.24) is 4.98 Å². The Kier molecular flexibility index (Phi) is 1.85. The molecule has 0 saturated carbocycles. The second-order valence-electron chi connectivity index (χ2n) is 3.06. The third-order valence-electron chi connectivity index (χ3n) is 1.90. The molecule has 2 rings (SSSR count). The summed E-state index contributed by atoms with van der Waals surface area (Å²) in [6, 6.07) is 0. The lowest BCUT2D eigenvalue weighted by Crippen LogP contribution is -1.78. The van der Waals surface area contributed by atoms with E-state index in [9.17, 15) is 0 Å². The van der Waals surface area contributed by atoms with E-state index in [0.29, 0.717) is 5.92 Å². The van der Waals surface area contributed by atoms with E-state index in [1.807, 2.05) is 6.92 Å². The van der Waals surface area contributed by atoms with Gasteiger partial charge in [-0.2, -0.15) is 0 Å². The Balaban J connectivity index is 2.49. The standard InChI is InChI=1S/C10H11NS/c1-7-3-5-9-10(6-4-7)12-8(2)11-9/h3-7H,1-2H3. The van der Waals surface area contributed by atoms with Crippen LogP contribution in [0, 0.1) is 12.8 Å². The normalized spacial score (nSPS) is 20.7. The van der Waals surface area contributed by atoms with Crippen LogP contribution in [0.15, 0.2) is 12.2 Å². The lowest BCUT2D eigenvalue weighted by Gasteiger charge is -1.91. The summed E-state index contributed by atoms with van der Waals surface area (Å²) in [6.07, 6.45) is 8.68. The molecular formula is C10H11NS. The molecule has 0 N–H and O–H groups in total. The molecule has 1 unspecified atom stereocenters. The van der Waals surface area contributed by atoms with Crippen molar-refractivity contribution in [2.75, 3.05) is 0 Å². The lowest BCUT2D eigenvalue weighted by atomic mass is 10.2. The number of hydrogen-bond donors (Lipinski definition) is 0. The molecule has 0 aliphatic heterocycles. The molecule has 1 heterocycles. The summed E-state index contributed by atoms with van der Waals surface area (Å²) in [5, 5.41) is 1.14. The SMILES string of the molecule is Cc1nc2c(s1)C=CC(C)C=C2. The van der Waals surface area contributed by atoms with Crippen molar-refractivity contribution >= 4 is 23.5 Å². The van der Waals surface area contributed by atoms with Crippen LogP contribution in [-0.2, 0) is 0 Å². The van der Waals surface area contributed by atoms with Gasteiger partial charge in [0.1, 0.15) is 0 Å². The minimum atomic E-state index is 0.534. The van der Waals surface area contributed by atoms with Gasteiger partial charge in [0.15, 0.2) is 0 Å². The van der Waals surface area contributed by atoms with E-state index < -0.39 is 0 Å². The van der Waals surface area contributed by atoms with Gasteiger partial charge in [-0.25, -0.2) is 4.98 Å². The van der Waals surface area contributed by atoms with Gasteiger partial charge in [0.2, 0.25) is 0 Å². The second kappa shape index (κ2) is 2.87. The third kappa shape index (κ3) is 1.34. The molecule has 62 valence electrons. The van der Waals surface area contributed by atoms with Crippen LogP contribution < -0.4 is 0 Å². The average Bonchev–Trinajstić information content (AvgIpc) is 2.31. The quantitative estimate of drug-likeness (QED) is 0.593. The molecule has 0 spiro atoms. The van der Waals surface area contributed by atoms with Gasteiger partial charge < -0.3 is 0 Å². The Morgan fingerprint density at radius 1 is 1.33 bits per heavy atom. The first kappa shape index (κ1) is 7.74. The third-order valence-corrected chi connectivity index (χ3v) is 2.85. The summed E-state index contributed by atoms with van der Waals surface area (Å²) in [5.41, 5.74) is 1.12.